The van der Waals surface area contributed by atoms with Gasteiger partial charge in [-0.2, -0.15) is 0 Å². The molecule has 3 aromatic carbocycles. The molecule has 0 bridgehead atoms. The van der Waals surface area contributed by atoms with E-state index in [0.717, 1.165) is 35.3 Å². The lowest BCUT2D eigenvalue weighted by Gasteiger charge is -2.32. The highest BCUT2D eigenvalue weighted by Crippen LogP contribution is 2.32. The van der Waals surface area contributed by atoms with E-state index in [2.05, 4.69) is 10.6 Å². The van der Waals surface area contributed by atoms with Gasteiger partial charge in [0.1, 0.15) is 23.1 Å². The maximum absolute atomic E-state index is 13.8. The summed E-state index contributed by atoms with van der Waals surface area (Å²) in [6.45, 7) is 1.81. The first kappa shape index (κ1) is 22.9. The molecule has 0 spiro atoms. The molecule has 7 heteroatoms. The van der Waals surface area contributed by atoms with Crippen LogP contribution in [0.15, 0.2) is 66.7 Å². The van der Waals surface area contributed by atoms with Crippen molar-refractivity contribution in [2.24, 2.45) is 0 Å². The Balaban J connectivity index is 1.37. The van der Waals surface area contributed by atoms with E-state index < -0.39 is 0 Å². The highest BCUT2D eigenvalue weighted by molar-refractivity contribution is 5.95. The minimum absolute atomic E-state index is 0.0334. The number of benzene rings is 3. The maximum Gasteiger partial charge on any atom is 0.254 e. The third-order valence-electron chi connectivity index (χ3n) is 6.66. The van der Waals surface area contributed by atoms with Gasteiger partial charge in [-0.15, -0.1) is 0 Å². The van der Waals surface area contributed by atoms with Crippen LogP contribution >= 0.6 is 0 Å². The van der Waals surface area contributed by atoms with Crippen molar-refractivity contribution in [1.29, 1.82) is 0 Å². The van der Waals surface area contributed by atoms with E-state index in [1.54, 1.807) is 44.6 Å². The van der Waals surface area contributed by atoms with Gasteiger partial charge >= 0.3 is 0 Å². The summed E-state index contributed by atoms with van der Waals surface area (Å²) in [6, 6.07) is 20.0. The van der Waals surface area contributed by atoms with Crippen molar-refractivity contribution < 1.29 is 18.7 Å². The molecule has 2 heterocycles. The fourth-order valence-corrected chi connectivity index (χ4v) is 4.84. The molecule has 1 aliphatic heterocycles. The van der Waals surface area contributed by atoms with Crippen molar-refractivity contribution in [3.63, 3.8) is 0 Å². The summed E-state index contributed by atoms with van der Waals surface area (Å²) in [4.78, 5) is 20.1. The molecule has 0 saturated carbocycles. The van der Waals surface area contributed by atoms with E-state index in [1.165, 1.54) is 6.07 Å². The molecule has 0 radical (unpaired) electrons. The Kier molecular flexibility index (Phi) is 6.40. The number of hydrogen-bond acceptors (Lipinski definition) is 4. The molecular formula is C28H28FN3O3. The SMILES string of the molecule is COc1cc(OC)cc(C(=O)N2CCC(c3nc4ccccc4n3Cc3cccc(F)c3)CC2)c1. The third kappa shape index (κ3) is 4.71. The van der Waals surface area contributed by atoms with Gasteiger partial charge in [-0.05, 0) is 54.8 Å². The average Bonchev–Trinajstić information content (AvgIpc) is 3.26. The number of carbonyl (C=O) groups excluding carboxylic acids is 1. The number of imidazole rings is 1. The van der Waals surface area contributed by atoms with Gasteiger partial charge in [0.2, 0.25) is 0 Å². The number of carbonyl (C=O) groups is 1. The number of amides is 1. The van der Waals surface area contributed by atoms with Crippen LogP contribution in [0.4, 0.5) is 4.39 Å². The fourth-order valence-electron chi connectivity index (χ4n) is 4.84. The van der Waals surface area contributed by atoms with Crippen LogP contribution in [0.1, 0.15) is 40.5 Å². The molecule has 0 unspecified atom stereocenters. The number of hydrogen-bond donors (Lipinski definition) is 0. The van der Waals surface area contributed by atoms with Gasteiger partial charge in [-0.25, -0.2) is 9.37 Å². The zero-order valence-corrected chi connectivity index (χ0v) is 19.9. The molecular weight excluding hydrogens is 445 g/mol. The number of ether oxygens (including phenoxy) is 2. The van der Waals surface area contributed by atoms with Crippen molar-refractivity contribution in [1.82, 2.24) is 14.5 Å². The molecule has 180 valence electrons. The lowest BCUT2D eigenvalue weighted by atomic mass is 9.95. The zero-order chi connectivity index (χ0) is 24.4. The minimum atomic E-state index is -0.241. The first-order valence-corrected chi connectivity index (χ1v) is 11.8. The van der Waals surface area contributed by atoms with Gasteiger partial charge in [0.05, 0.1) is 25.3 Å². The Morgan fingerprint density at radius 2 is 1.69 bits per heavy atom. The average molecular weight is 474 g/mol. The summed E-state index contributed by atoms with van der Waals surface area (Å²) in [7, 11) is 3.15. The summed E-state index contributed by atoms with van der Waals surface area (Å²) >= 11 is 0. The summed E-state index contributed by atoms with van der Waals surface area (Å²) in [5.74, 6) is 2.11. The number of methoxy groups -OCH3 is 2. The van der Waals surface area contributed by atoms with Crippen LogP contribution in [-0.4, -0.2) is 47.7 Å². The Morgan fingerprint density at radius 3 is 2.37 bits per heavy atom. The standard InChI is InChI=1S/C28H28FN3O3/c1-34-23-15-21(16-24(17-23)35-2)28(33)31-12-10-20(11-13-31)27-30-25-8-3-4-9-26(25)32(27)18-19-6-5-7-22(29)14-19/h3-9,14-17,20H,10-13,18H2,1-2H3. The van der Waals surface area contributed by atoms with Crippen LogP contribution in [0.25, 0.3) is 11.0 Å². The maximum atomic E-state index is 13.8. The minimum Gasteiger partial charge on any atom is -0.497 e. The largest absolute Gasteiger partial charge is 0.497 e. The molecule has 1 saturated heterocycles. The molecule has 6 nitrogen and oxygen atoms in total. The van der Waals surface area contributed by atoms with E-state index in [4.69, 9.17) is 14.5 Å². The highest BCUT2D eigenvalue weighted by Gasteiger charge is 2.28. The van der Waals surface area contributed by atoms with E-state index in [9.17, 15) is 9.18 Å². The summed E-state index contributed by atoms with van der Waals surface area (Å²) in [5, 5.41) is 0. The second kappa shape index (κ2) is 9.78. The van der Waals surface area contributed by atoms with Gasteiger partial charge in [-0.1, -0.05) is 24.3 Å². The smallest absolute Gasteiger partial charge is 0.254 e. The van der Waals surface area contributed by atoms with E-state index >= 15 is 0 Å². The molecule has 1 aliphatic rings. The molecule has 5 rings (SSSR count). The topological polar surface area (TPSA) is 56.6 Å². The van der Waals surface area contributed by atoms with E-state index in [0.29, 0.717) is 36.7 Å². The van der Waals surface area contributed by atoms with Gasteiger partial charge in [0.25, 0.3) is 5.91 Å². The molecule has 4 aromatic rings. The van der Waals surface area contributed by atoms with Gasteiger partial charge in [0, 0.05) is 37.2 Å². The van der Waals surface area contributed by atoms with Crippen molar-refractivity contribution >= 4 is 16.9 Å². The van der Waals surface area contributed by atoms with Gasteiger partial charge in [-0.3, -0.25) is 4.79 Å². The number of aromatic nitrogens is 2. The molecule has 1 fully saturated rings. The van der Waals surface area contributed by atoms with Crippen LogP contribution < -0.4 is 9.47 Å². The monoisotopic (exact) mass is 473 g/mol. The highest BCUT2D eigenvalue weighted by atomic mass is 19.1. The predicted molar refractivity (Wildman–Crippen MR) is 133 cm³/mol. The van der Waals surface area contributed by atoms with E-state index in [-0.39, 0.29) is 17.6 Å². The normalized spacial score (nSPS) is 14.3. The number of rotatable bonds is 6. The van der Waals surface area contributed by atoms with Crippen molar-refractivity contribution in [2.75, 3.05) is 27.3 Å². The Morgan fingerprint density at radius 1 is 0.971 bits per heavy atom. The molecule has 0 N–H and O–H groups in total. The van der Waals surface area contributed by atoms with Crippen molar-refractivity contribution in [3.8, 4) is 11.5 Å². The molecule has 1 aromatic heterocycles. The van der Waals surface area contributed by atoms with Gasteiger partial charge in [0.15, 0.2) is 0 Å². The molecule has 1 amide bonds. The van der Waals surface area contributed by atoms with Crippen molar-refractivity contribution in [2.45, 2.75) is 25.3 Å². The predicted octanol–water partition coefficient (Wildman–Crippen LogP) is 5.26. The van der Waals surface area contributed by atoms with E-state index in [1.807, 2.05) is 29.2 Å². The first-order chi connectivity index (χ1) is 17.1. The number of para-hydroxylation sites is 2. The third-order valence-corrected chi connectivity index (χ3v) is 6.66. The van der Waals surface area contributed by atoms with Crippen LogP contribution in [0.2, 0.25) is 0 Å². The Labute approximate surface area is 203 Å². The van der Waals surface area contributed by atoms with Crippen LogP contribution in [0.5, 0.6) is 11.5 Å². The molecule has 35 heavy (non-hydrogen) atoms. The van der Waals surface area contributed by atoms with Crippen molar-refractivity contribution in [3.05, 3.63) is 89.5 Å². The lowest BCUT2D eigenvalue weighted by Crippen LogP contribution is -2.38. The second-order valence-electron chi connectivity index (χ2n) is 8.84. The summed E-state index contributed by atoms with van der Waals surface area (Å²) in [6.07, 6.45) is 1.61. The van der Waals surface area contributed by atoms with Crippen LogP contribution in [0.3, 0.4) is 0 Å². The Bertz CT molecular complexity index is 1340. The second-order valence-corrected chi connectivity index (χ2v) is 8.84. The Hall–Kier alpha value is -3.87. The number of nitrogens with zero attached hydrogens (tertiary/aromatic N) is 3. The quantitative estimate of drug-likeness (QED) is 0.383. The number of fused-ring (bicyclic) bond motifs is 1. The summed E-state index contributed by atoms with van der Waals surface area (Å²) in [5.41, 5.74) is 3.42. The zero-order valence-electron chi connectivity index (χ0n) is 19.9. The molecule has 0 aliphatic carbocycles. The fraction of sp³-hybridized carbons (Fsp3) is 0.286. The first-order valence-electron chi connectivity index (χ1n) is 11.8. The van der Waals surface area contributed by atoms with Crippen LogP contribution in [-0.2, 0) is 6.54 Å². The lowest BCUT2D eigenvalue weighted by molar-refractivity contribution is 0.0709. The molecule has 0 atom stereocenters. The van der Waals surface area contributed by atoms with Gasteiger partial charge < -0.3 is 18.9 Å². The summed E-state index contributed by atoms with van der Waals surface area (Å²) < 4.78 is 26.7. The number of piperidine rings is 1. The number of halogens is 1. The number of likely N-dealkylation sites (tertiary alicyclic amines) is 1. The van der Waals surface area contributed by atoms with Crippen LogP contribution in [0, 0.1) is 5.82 Å².